The number of aryl methyl sites for hydroxylation is 1. The van der Waals surface area contributed by atoms with Crippen LogP contribution in [0, 0.1) is 5.82 Å². The number of rotatable bonds is 11. The Hall–Kier alpha value is -4.09. The fraction of sp³-hybridized carbons (Fsp3) is 0.276. The second-order valence-electron chi connectivity index (χ2n) is 9.90. The van der Waals surface area contributed by atoms with Gasteiger partial charge in [0, 0.05) is 25.2 Å². The molecule has 1 unspecified atom stereocenters. The summed E-state index contributed by atoms with van der Waals surface area (Å²) in [6, 6.07) is 18.0. The number of hydrogen-bond donors (Lipinski definition) is 2. The van der Waals surface area contributed by atoms with E-state index in [1.54, 1.807) is 48.5 Å². The van der Waals surface area contributed by atoms with E-state index >= 15 is 0 Å². The number of carboxylic acid groups (broad SMARTS) is 1. The lowest BCUT2D eigenvalue weighted by atomic mass is 9.89. The molecular formula is C29H31FN4O5S. The van der Waals surface area contributed by atoms with Crippen molar-refractivity contribution in [1.29, 1.82) is 0 Å². The van der Waals surface area contributed by atoms with E-state index in [2.05, 4.69) is 5.32 Å². The molecule has 1 atom stereocenters. The van der Waals surface area contributed by atoms with Crippen molar-refractivity contribution >= 4 is 44.7 Å². The molecule has 0 radical (unpaired) electrons. The lowest BCUT2D eigenvalue weighted by Crippen LogP contribution is -2.35. The SMILES string of the molecule is CN(C)CCN(c1ccc(N=C(c2cccc(CCC(=O)O)c2)C2C(=O)Nc3cc(F)ccc32)cc1)S(C)(=O)=O. The van der Waals surface area contributed by atoms with Crippen LogP contribution in [-0.4, -0.2) is 69.5 Å². The zero-order valence-corrected chi connectivity index (χ0v) is 23.3. The van der Waals surface area contributed by atoms with Gasteiger partial charge < -0.3 is 15.3 Å². The molecule has 0 bridgehead atoms. The summed E-state index contributed by atoms with van der Waals surface area (Å²) in [5, 5.41) is 11.8. The maximum atomic E-state index is 13.9. The van der Waals surface area contributed by atoms with Gasteiger partial charge in [0.1, 0.15) is 11.7 Å². The van der Waals surface area contributed by atoms with Gasteiger partial charge in [0.2, 0.25) is 15.9 Å². The predicted octanol–water partition coefficient (Wildman–Crippen LogP) is 4.03. The fourth-order valence-electron chi connectivity index (χ4n) is 4.55. The number of nitrogens with zero attached hydrogens (tertiary/aromatic N) is 3. The number of benzene rings is 3. The number of carboxylic acids is 1. The minimum atomic E-state index is -3.52. The van der Waals surface area contributed by atoms with Crippen LogP contribution in [0.4, 0.5) is 21.5 Å². The molecule has 40 heavy (non-hydrogen) atoms. The first-order valence-corrected chi connectivity index (χ1v) is 14.5. The summed E-state index contributed by atoms with van der Waals surface area (Å²) in [7, 11) is 0.206. The molecule has 1 heterocycles. The quantitative estimate of drug-likeness (QED) is 0.339. The molecule has 0 saturated carbocycles. The van der Waals surface area contributed by atoms with E-state index in [-0.39, 0.29) is 18.9 Å². The number of carbonyl (C=O) groups is 2. The van der Waals surface area contributed by atoms with Crippen molar-refractivity contribution in [1.82, 2.24) is 4.90 Å². The van der Waals surface area contributed by atoms with E-state index in [0.717, 1.165) is 11.8 Å². The van der Waals surface area contributed by atoms with Crippen LogP contribution in [0.25, 0.3) is 0 Å². The average molecular weight is 567 g/mol. The van der Waals surface area contributed by atoms with E-state index < -0.39 is 27.7 Å². The minimum Gasteiger partial charge on any atom is -0.481 e. The lowest BCUT2D eigenvalue weighted by molar-refractivity contribution is -0.137. The van der Waals surface area contributed by atoms with E-state index in [9.17, 15) is 22.4 Å². The number of aliphatic imine (C=N–C) groups is 1. The van der Waals surface area contributed by atoms with Crippen LogP contribution >= 0.6 is 0 Å². The standard InChI is InChI=1S/C29H31FN4O5S/c1-33(2)15-16-34(40(3,38)39)23-11-9-22(10-12-23)31-28(20-6-4-5-19(17-20)7-14-26(35)36)27-24-13-8-21(30)18-25(24)32-29(27)37/h4-6,8-13,17-18,27H,7,14-16H2,1-3H3,(H,32,37)(H,35,36). The number of amides is 1. The van der Waals surface area contributed by atoms with Crippen LogP contribution < -0.4 is 9.62 Å². The molecule has 0 spiro atoms. The van der Waals surface area contributed by atoms with Gasteiger partial charge in [-0.25, -0.2) is 12.8 Å². The first-order valence-electron chi connectivity index (χ1n) is 12.6. The number of aliphatic carboxylic acids is 1. The maximum Gasteiger partial charge on any atom is 0.303 e. The summed E-state index contributed by atoms with van der Waals surface area (Å²) in [6.45, 7) is 0.810. The van der Waals surface area contributed by atoms with Crippen LogP contribution in [0.3, 0.4) is 0 Å². The van der Waals surface area contributed by atoms with Gasteiger partial charge in [-0.2, -0.15) is 0 Å². The summed E-state index contributed by atoms with van der Waals surface area (Å²) in [6.07, 6.45) is 1.41. The van der Waals surface area contributed by atoms with Crippen molar-refractivity contribution in [2.24, 2.45) is 4.99 Å². The Labute approximate surface area is 233 Å². The second kappa shape index (κ2) is 12.0. The summed E-state index contributed by atoms with van der Waals surface area (Å²) in [5.41, 5.74) is 3.70. The van der Waals surface area contributed by atoms with Gasteiger partial charge >= 0.3 is 5.97 Å². The van der Waals surface area contributed by atoms with E-state index in [1.807, 2.05) is 25.1 Å². The molecule has 0 fully saturated rings. The Balaban J connectivity index is 1.77. The largest absolute Gasteiger partial charge is 0.481 e. The maximum absolute atomic E-state index is 13.9. The van der Waals surface area contributed by atoms with Crippen molar-refractivity contribution in [3.63, 3.8) is 0 Å². The molecule has 1 aliphatic heterocycles. The normalized spacial score (nSPS) is 15.2. The molecule has 3 aromatic rings. The highest BCUT2D eigenvalue weighted by molar-refractivity contribution is 7.92. The molecule has 1 aliphatic rings. The molecule has 9 nitrogen and oxygen atoms in total. The summed E-state index contributed by atoms with van der Waals surface area (Å²) >= 11 is 0. The van der Waals surface area contributed by atoms with Gasteiger partial charge in [-0.05, 0) is 79.7 Å². The number of anilines is 2. The minimum absolute atomic E-state index is 0.0475. The van der Waals surface area contributed by atoms with Crippen molar-refractivity contribution in [3.8, 4) is 0 Å². The smallest absolute Gasteiger partial charge is 0.303 e. The summed E-state index contributed by atoms with van der Waals surface area (Å²) in [5.74, 6) is -2.59. The number of sulfonamides is 1. The zero-order chi connectivity index (χ0) is 29.0. The van der Waals surface area contributed by atoms with Crippen LogP contribution in [0.5, 0.6) is 0 Å². The molecule has 11 heteroatoms. The molecule has 0 aromatic heterocycles. The lowest BCUT2D eigenvalue weighted by Gasteiger charge is -2.24. The third kappa shape index (κ3) is 6.91. The highest BCUT2D eigenvalue weighted by Gasteiger charge is 2.35. The molecule has 0 aliphatic carbocycles. The fourth-order valence-corrected chi connectivity index (χ4v) is 5.47. The Kier molecular flexibility index (Phi) is 8.65. The van der Waals surface area contributed by atoms with E-state index in [0.29, 0.717) is 46.9 Å². The first kappa shape index (κ1) is 28.9. The average Bonchev–Trinajstić information content (AvgIpc) is 3.20. The number of carbonyl (C=O) groups excluding carboxylic acids is 1. The van der Waals surface area contributed by atoms with Gasteiger partial charge in [0.05, 0.1) is 23.3 Å². The predicted molar refractivity (Wildman–Crippen MR) is 154 cm³/mol. The van der Waals surface area contributed by atoms with Gasteiger partial charge in [-0.1, -0.05) is 24.3 Å². The number of fused-ring (bicyclic) bond motifs is 1. The summed E-state index contributed by atoms with van der Waals surface area (Å²) in [4.78, 5) is 31.0. The zero-order valence-electron chi connectivity index (χ0n) is 22.5. The molecule has 2 N–H and O–H groups in total. The van der Waals surface area contributed by atoms with Crippen LogP contribution in [0.2, 0.25) is 0 Å². The van der Waals surface area contributed by atoms with Crippen molar-refractivity contribution in [2.45, 2.75) is 18.8 Å². The second-order valence-corrected chi connectivity index (χ2v) is 11.8. The number of likely N-dealkylation sites (N-methyl/N-ethyl adjacent to an activating group) is 1. The number of hydrogen-bond acceptors (Lipinski definition) is 6. The third-order valence-electron chi connectivity index (χ3n) is 6.51. The number of nitrogens with one attached hydrogen (secondary N) is 1. The van der Waals surface area contributed by atoms with Crippen molar-refractivity contribution in [2.75, 3.05) is 43.1 Å². The van der Waals surface area contributed by atoms with Crippen molar-refractivity contribution in [3.05, 3.63) is 89.2 Å². The van der Waals surface area contributed by atoms with E-state index in [1.165, 1.54) is 16.4 Å². The van der Waals surface area contributed by atoms with Crippen molar-refractivity contribution < 1.29 is 27.5 Å². The Morgan fingerprint density at radius 2 is 1.77 bits per heavy atom. The molecule has 4 rings (SSSR count). The molecular weight excluding hydrogens is 535 g/mol. The van der Waals surface area contributed by atoms with Crippen LogP contribution in [0.15, 0.2) is 71.7 Å². The highest BCUT2D eigenvalue weighted by Crippen LogP contribution is 2.37. The van der Waals surface area contributed by atoms with Gasteiger partial charge in [-0.3, -0.25) is 18.9 Å². The van der Waals surface area contributed by atoms with Crippen LogP contribution in [0.1, 0.15) is 29.0 Å². The number of halogens is 1. The Morgan fingerprint density at radius 3 is 2.42 bits per heavy atom. The third-order valence-corrected chi connectivity index (χ3v) is 7.70. The molecule has 3 aromatic carbocycles. The highest BCUT2D eigenvalue weighted by atomic mass is 32.2. The topological polar surface area (TPSA) is 119 Å². The van der Waals surface area contributed by atoms with Gasteiger partial charge in [0.25, 0.3) is 0 Å². The monoisotopic (exact) mass is 566 g/mol. The van der Waals surface area contributed by atoms with Crippen LogP contribution in [-0.2, 0) is 26.0 Å². The molecule has 0 saturated heterocycles. The molecule has 1 amide bonds. The summed E-state index contributed by atoms with van der Waals surface area (Å²) < 4.78 is 40.1. The van der Waals surface area contributed by atoms with Gasteiger partial charge in [-0.15, -0.1) is 0 Å². The van der Waals surface area contributed by atoms with Gasteiger partial charge in [0.15, 0.2) is 0 Å². The molecule has 210 valence electrons. The first-order chi connectivity index (χ1) is 18.9. The Bertz CT molecular complexity index is 1550. The Morgan fingerprint density at radius 1 is 1.05 bits per heavy atom. The van der Waals surface area contributed by atoms with E-state index in [4.69, 9.17) is 10.1 Å².